The second-order valence-corrected chi connectivity index (χ2v) is 9.46. The fourth-order valence-electron chi connectivity index (χ4n) is 4.38. The van der Waals surface area contributed by atoms with Gasteiger partial charge in [0.05, 0.1) is 24.2 Å². The summed E-state index contributed by atoms with van der Waals surface area (Å²) in [6.07, 6.45) is 2.59. The summed E-state index contributed by atoms with van der Waals surface area (Å²) in [5.41, 5.74) is 0.364. The van der Waals surface area contributed by atoms with E-state index in [1.165, 1.54) is 16.8 Å². The number of halogens is 2. The van der Waals surface area contributed by atoms with Gasteiger partial charge in [-0.2, -0.15) is 13.5 Å². The van der Waals surface area contributed by atoms with E-state index in [0.29, 0.717) is 10.9 Å². The van der Waals surface area contributed by atoms with Crippen LogP contribution < -0.4 is 0 Å². The standard InChI is InChI=1S/C24H20F2N2O5S/c25-17-7-8-21(22(26)12-17)24(15-28-11-3-10-27-28)32-14-18(33-24)13-20-19-5-2-1-4-16(19)6-9-23(20)34(29,30)31/h1-12,18H,13-15H2,(H,29,30,31). The Bertz CT molecular complexity index is 1460. The first-order valence-electron chi connectivity index (χ1n) is 10.5. The average Bonchev–Trinajstić information content (AvgIpc) is 3.44. The van der Waals surface area contributed by atoms with Gasteiger partial charge in [0.1, 0.15) is 11.6 Å². The molecule has 1 aliphatic heterocycles. The zero-order valence-corrected chi connectivity index (χ0v) is 18.6. The molecule has 3 aromatic carbocycles. The molecule has 0 bridgehead atoms. The normalized spacial score (nSPS) is 20.7. The van der Waals surface area contributed by atoms with Crippen molar-refractivity contribution in [3.05, 3.63) is 95.8 Å². The zero-order valence-electron chi connectivity index (χ0n) is 17.8. The average molecular weight is 486 g/mol. The second kappa shape index (κ2) is 8.55. The molecule has 2 heterocycles. The number of nitrogens with zero attached hydrogens (tertiary/aromatic N) is 2. The Hall–Kier alpha value is -3.18. The van der Waals surface area contributed by atoms with Crippen LogP contribution in [0, 0.1) is 11.6 Å². The minimum absolute atomic E-state index is 0.000164. The summed E-state index contributed by atoms with van der Waals surface area (Å²) in [4.78, 5) is -0.229. The van der Waals surface area contributed by atoms with Crippen LogP contribution in [0.25, 0.3) is 10.8 Å². The Labute approximate surface area is 194 Å². The van der Waals surface area contributed by atoms with Gasteiger partial charge in [-0.3, -0.25) is 9.23 Å². The van der Waals surface area contributed by atoms with Gasteiger partial charge in [0.25, 0.3) is 10.1 Å². The van der Waals surface area contributed by atoms with Gasteiger partial charge in [-0.25, -0.2) is 8.78 Å². The summed E-state index contributed by atoms with van der Waals surface area (Å²) in [5, 5.41) is 5.57. The number of ether oxygens (including phenoxy) is 2. The van der Waals surface area contributed by atoms with Gasteiger partial charge < -0.3 is 9.47 Å². The minimum Gasteiger partial charge on any atom is -0.342 e. The van der Waals surface area contributed by atoms with Gasteiger partial charge in [0.15, 0.2) is 0 Å². The Kier molecular flexibility index (Phi) is 5.68. The largest absolute Gasteiger partial charge is 0.342 e. The molecule has 0 amide bonds. The van der Waals surface area contributed by atoms with Crippen molar-refractivity contribution in [2.75, 3.05) is 6.61 Å². The Morgan fingerprint density at radius 1 is 1.12 bits per heavy atom. The van der Waals surface area contributed by atoms with Gasteiger partial charge in [-0.15, -0.1) is 0 Å². The smallest absolute Gasteiger partial charge is 0.294 e. The molecule has 1 aromatic heterocycles. The predicted octanol–water partition coefficient (Wildman–Crippen LogP) is 4.07. The van der Waals surface area contributed by atoms with Crippen molar-refractivity contribution in [2.24, 2.45) is 0 Å². The molecule has 0 spiro atoms. The van der Waals surface area contributed by atoms with E-state index >= 15 is 0 Å². The van der Waals surface area contributed by atoms with Crippen molar-refractivity contribution in [2.45, 2.75) is 29.8 Å². The molecule has 2 atom stereocenters. The van der Waals surface area contributed by atoms with E-state index in [4.69, 9.17) is 9.47 Å². The van der Waals surface area contributed by atoms with Gasteiger partial charge >= 0.3 is 0 Å². The van der Waals surface area contributed by atoms with E-state index in [1.807, 2.05) is 12.1 Å². The summed E-state index contributed by atoms with van der Waals surface area (Å²) in [6, 6.07) is 14.9. The number of fused-ring (bicyclic) bond motifs is 1. The summed E-state index contributed by atoms with van der Waals surface area (Å²) in [5.74, 6) is -3.19. The van der Waals surface area contributed by atoms with Crippen molar-refractivity contribution in [3.8, 4) is 0 Å². The predicted molar refractivity (Wildman–Crippen MR) is 119 cm³/mol. The topological polar surface area (TPSA) is 90.7 Å². The lowest BCUT2D eigenvalue weighted by Crippen LogP contribution is -2.35. The molecule has 2 unspecified atom stereocenters. The molecule has 10 heteroatoms. The zero-order chi connectivity index (χ0) is 23.9. The lowest BCUT2D eigenvalue weighted by molar-refractivity contribution is -0.190. The molecule has 0 aliphatic carbocycles. The van der Waals surface area contributed by atoms with E-state index in [9.17, 15) is 21.8 Å². The second-order valence-electron chi connectivity index (χ2n) is 8.07. The van der Waals surface area contributed by atoms with Crippen LogP contribution >= 0.6 is 0 Å². The third-order valence-corrected chi connectivity index (χ3v) is 6.78. The number of hydrogen-bond acceptors (Lipinski definition) is 5. The molecule has 1 aliphatic rings. The number of aromatic nitrogens is 2. The number of benzene rings is 3. The fraction of sp³-hybridized carbons (Fsp3) is 0.208. The summed E-state index contributed by atoms with van der Waals surface area (Å²) >= 11 is 0. The highest BCUT2D eigenvalue weighted by molar-refractivity contribution is 7.85. The maximum Gasteiger partial charge on any atom is 0.294 e. The lowest BCUT2D eigenvalue weighted by Gasteiger charge is -2.29. The monoisotopic (exact) mass is 486 g/mol. The Morgan fingerprint density at radius 3 is 2.68 bits per heavy atom. The SMILES string of the molecule is O=S(=O)(O)c1ccc2ccccc2c1CC1COC(Cn2cccn2)(c2ccc(F)cc2F)O1. The molecule has 7 nitrogen and oxygen atoms in total. The van der Waals surface area contributed by atoms with Gasteiger partial charge in [-0.05, 0) is 40.6 Å². The molecule has 1 fully saturated rings. The summed E-state index contributed by atoms with van der Waals surface area (Å²) in [6.45, 7) is -0.00797. The van der Waals surface area contributed by atoms with E-state index in [2.05, 4.69) is 5.10 Å². The molecule has 5 rings (SSSR count). The van der Waals surface area contributed by atoms with Gasteiger partial charge in [-0.1, -0.05) is 30.3 Å². The highest BCUT2D eigenvalue weighted by atomic mass is 32.2. The first-order valence-corrected chi connectivity index (χ1v) is 11.9. The van der Waals surface area contributed by atoms with Gasteiger partial charge in [0.2, 0.25) is 5.79 Å². The minimum atomic E-state index is -4.51. The highest BCUT2D eigenvalue weighted by Gasteiger charge is 2.46. The maximum absolute atomic E-state index is 14.8. The third-order valence-electron chi connectivity index (χ3n) is 5.84. The number of rotatable bonds is 6. The molecule has 4 aromatic rings. The summed E-state index contributed by atoms with van der Waals surface area (Å²) in [7, 11) is -4.51. The van der Waals surface area contributed by atoms with Crippen LogP contribution in [0.5, 0.6) is 0 Å². The molecule has 34 heavy (non-hydrogen) atoms. The first kappa shape index (κ1) is 22.6. The molecular weight excluding hydrogens is 466 g/mol. The molecular formula is C24H20F2N2O5S. The van der Waals surface area contributed by atoms with E-state index in [-0.39, 0.29) is 30.0 Å². The van der Waals surface area contributed by atoms with E-state index in [1.54, 1.807) is 36.7 Å². The Morgan fingerprint density at radius 2 is 1.94 bits per heavy atom. The molecule has 176 valence electrons. The molecule has 1 saturated heterocycles. The molecule has 0 radical (unpaired) electrons. The van der Waals surface area contributed by atoms with E-state index < -0.39 is 33.6 Å². The molecule has 0 saturated carbocycles. The van der Waals surface area contributed by atoms with Crippen LogP contribution in [0.1, 0.15) is 11.1 Å². The van der Waals surface area contributed by atoms with Crippen LogP contribution in [0.4, 0.5) is 8.78 Å². The lowest BCUT2D eigenvalue weighted by atomic mass is 9.99. The van der Waals surface area contributed by atoms with Crippen LogP contribution in [0.2, 0.25) is 0 Å². The summed E-state index contributed by atoms with van der Waals surface area (Å²) < 4.78 is 76.1. The fourth-order valence-corrected chi connectivity index (χ4v) is 5.12. The van der Waals surface area contributed by atoms with Crippen molar-refractivity contribution in [1.29, 1.82) is 0 Å². The van der Waals surface area contributed by atoms with Crippen LogP contribution in [0.3, 0.4) is 0 Å². The highest BCUT2D eigenvalue weighted by Crippen LogP contribution is 2.39. The van der Waals surface area contributed by atoms with Crippen LogP contribution in [-0.4, -0.2) is 35.5 Å². The van der Waals surface area contributed by atoms with Crippen molar-refractivity contribution in [3.63, 3.8) is 0 Å². The Balaban J connectivity index is 1.54. The van der Waals surface area contributed by atoms with E-state index in [0.717, 1.165) is 17.5 Å². The van der Waals surface area contributed by atoms with Crippen LogP contribution in [0.15, 0.2) is 78.0 Å². The van der Waals surface area contributed by atoms with Crippen molar-refractivity contribution < 1.29 is 31.2 Å². The maximum atomic E-state index is 14.8. The molecule has 1 N–H and O–H groups in total. The van der Waals surface area contributed by atoms with Gasteiger partial charge in [0, 0.05) is 30.4 Å². The number of hydrogen-bond donors (Lipinski definition) is 1. The van der Waals surface area contributed by atoms with Crippen LogP contribution in [-0.2, 0) is 38.3 Å². The first-order chi connectivity index (χ1) is 16.2. The third kappa shape index (κ3) is 4.21. The van der Waals surface area contributed by atoms with Crippen molar-refractivity contribution >= 4 is 20.9 Å². The van der Waals surface area contributed by atoms with Crippen molar-refractivity contribution in [1.82, 2.24) is 9.78 Å². The quantitative estimate of drug-likeness (QED) is 0.413.